The van der Waals surface area contributed by atoms with Crippen molar-refractivity contribution in [2.75, 3.05) is 6.61 Å². The summed E-state index contributed by atoms with van der Waals surface area (Å²) in [6, 6.07) is 19.0. The highest BCUT2D eigenvalue weighted by Gasteiger charge is 2.20. The normalized spacial score (nSPS) is 11.5. The molecular formula is C19H19N3O2. The van der Waals surface area contributed by atoms with E-state index >= 15 is 0 Å². The van der Waals surface area contributed by atoms with E-state index in [0.29, 0.717) is 17.9 Å². The van der Waals surface area contributed by atoms with Crippen LogP contribution < -0.4 is 5.56 Å². The maximum Gasteiger partial charge on any atom is 0.281 e. The maximum atomic E-state index is 13.0. The number of aromatic nitrogens is 2. The molecule has 0 aliphatic heterocycles. The van der Waals surface area contributed by atoms with Crippen LogP contribution in [0.3, 0.4) is 0 Å². The van der Waals surface area contributed by atoms with Crippen molar-refractivity contribution in [2.45, 2.75) is 13.8 Å². The number of oxime groups is 1. The SMILES string of the molecule is CCO/N=C(/c1ccccc1)c1c(C)[nH]n(-c2ccccc2)c1=O. The van der Waals surface area contributed by atoms with Crippen LogP contribution in [0.5, 0.6) is 0 Å². The van der Waals surface area contributed by atoms with Crippen molar-refractivity contribution >= 4 is 5.71 Å². The minimum absolute atomic E-state index is 0.152. The third-order valence-corrected chi connectivity index (χ3v) is 3.65. The summed E-state index contributed by atoms with van der Waals surface area (Å²) in [5.41, 5.74) is 3.25. The minimum atomic E-state index is -0.152. The lowest BCUT2D eigenvalue weighted by atomic mass is 10.0. The van der Waals surface area contributed by atoms with Gasteiger partial charge in [-0.2, -0.15) is 0 Å². The van der Waals surface area contributed by atoms with Crippen molar-refractivity contribution in [2.24, 2.45) is 5.16 Å². The number of aromatic amines is 1. The van der Waals surface area contributed by atoms with Gasteiger partial charge in [-0.05, 0) is 26.0 Å². The zero-order valence-corrected chi connectivity index (χ0v) is 13.7. The number of nitrogens with zero attached hydrogens (tertiary/aromatic N) is 2. The van der Waals surface area contributed by atoms with E-state index in [1.165, 1.54) is 4.68 Å². The Balaban J connectivity index is 2.16. The largest absolute Gasteiger partial charge is 0.396 e. The fraction of sp³-hybridized carbons (Fsp3) is 0.158. The molecule has 0 saturated carbocycles. The maximum absolute atomic E-state index is 13.0. The number of hydrogen-bond acceptors (Lipinski definition) is 3. The molecular weight excluding hydrogens is 302 g/mol. The van der Waals surface area contributed by atoms with Crippen molar-refractivity contribution in [1.29, 1.82) is 0 Å². The van der Waals surface area contributed by atoms with E-state index in [2.05, 4.69) is 10.3 Å². The van der Waals surface area contributed by atoms with Crippen LogP contribution >= 0.6 is 0 Å². The lowest BCUT2D eigenvalue weighted by molar-refractivity contribution is 0.159. The highest BCUT2D eigenvalue weighted by Crippen LogP contribution is 2.13. The van der Waals surface area contributed by atoms with Crippen LogP contribution in [0.2, 0.25) is 0 Å². The van der Waals surface area contributed by atoms with Crippen molar-refractivity contribution in [1.82, 2.24) is 9.78 Å². The number of aryl methyl sites for hydroxylation is 1. The van der Waals surface area contributed by atoms with Gasteiger partial charge in [0.05, 0.1) is 11.3 Å². The molecule has 2 aromatic carbocycles. The Morgan fingerprint density at radius 3 is 2.33 bits per heavy atom. The van der Waals surface area contributed by atoms with Crippen LogP contribution in [0.15, 0.2) is 70.6 Å². The monoisotopic (exact) mass is 321 g/mol. The summed E-state index contributed by atoms with van der Waals surface area (Å²) in [5, 5.41) is 7.32. The first-order valence-electron chi connectivity index (χ1n) is 7.85. The van der Waals surface area contributed by atoms with Crippen LogP contribution in [0.4, 0.5) is 0 Å². The average Bonchev–Trinajstić information content (AvgIpc) is 2.92. The summed E-state index contributed by atoms with van der Waals surface area (Å²) in [5.74, 6) is 0. The van der Waals surface area contributed by atoms with Crippen LogP contribution in [0, 0.1) is 6.92 Å². The molecule has 0 aliphatic rings. The van der Waals surface area contributed by atoms with E-state index in [4.69, 9.17) is 4.84 Å². The van der Waals surface area contributed by atoms with Gasteiger partial charge in [0, 0.05) is 11.3 Å². The molecule has 0 amide bonds. The molecule has 1 aromatic heterocycles. The molecule has 24 heavy (non-hydrogen) atoms. The van der Waals surface area contributed by atoms with Crippen molar-refractivity contribution in [3.63, 3.8) is 0 Å². The van der Waals surface area contributed by atoms with Gasteiger partial charge in [0.1, 0.15) is 12.3 Å². The highest BCUT2D eigenvalue weighted by atomic mass is 16.6. The predicted molar refractivity (Wildman–Crippen MR) is 94.8 cm³/mol. The van der Waals surface area contributed by atoms with Crippen molar-refractivity contribution in [3.05, 3.63) is 87.8 Å². The molecule has 0 fully saturated rings. The zero-order valence-electron chi connectivity index (χ0n) is 13.7. The molecule has 122 valence electrons. The van der Waals surface area contributed by atoms with Gasteiger partial charge in [-0.1, -0.05) is 53.7 Å². The van der Waals surface area contributed by atoms with Gasteiger partial charge >= 0.3 is 0 Å². The first kappa shape index (κ1) is 15.8. The number of H-pyrrole nitrogens is 1. The van der Waals surface area contributed by atoms with Gasteiger partial charge in [-0.3, -0.25) is 9.89 Å². The first-order valence-corrected chi connectivity index (χ1v) is 7.85. The van der Waals surface area contributed by atoms with Gasteiger partial charge in [0.2, 0.25) is 0 Å². The molecule has 5 nitrogen and oxygen atoms in total. The molecule has 0 saturated heterocycles. The Morgan fingerprint density at radius 2 is 1.71 bits per heavy atom. The van der Waals surface area contributed by atoms with Crippen LogP contribution in [-0.2, 0) is 4.84 Å². The van der Waals surface area contributed by atoms with Gasteiger partial charge in [0.15, 0.2) is 0 Å². The van der Waals surface area contributed by atoms with Crippen molar-refractivity contribution in [3.8, 4) is 5.69 Å². The lowest BCUT2D eigenvalue weighted by Gasteiger charge is -2.05. The smallest absolute Gasteiger partial charge is 0.281 e. The molecule has 0 bridgehead atoms. The number of para-hydroxylation sites is 1. The summed E-state index contributed by atoms with van der Waals surface area (Å²) >= 11 is 0. The molecule has 0 spiro atoms. The second kappa shape index (κ2) is 7.00. The van der Waals surface area contributed by atoms with Crippen LogP contribution in [0.1, 0.15) is 23.7 Å². The molecule has 5 heteroatoms. The Labute approximate surface area is 140 Å². The third-order valence-electron chi connectivity index (χ3n) is 3.65. The molecule has 0 unspecified atom stereocenters. The van der Waals surface area contributed by atoms with Crippen molar-refractivity contribution < 1.29 is 4.84 Å². The highest BCUT2D eigenvalue weighted by molar-refractivity contribution is 6.13. The molecule has 0 aliphatic carbocycles. The standard InChI is InChI=1S/C19H19N3O2/c1-3-24-21-18(15-10-6-4-7-11-15)17-14(2)20-22(19(17)23)16-12-8-5-9-13-16/h4-13,20H,3H2,1-2H3/b21-18-. The molecule has 3 aromatic rings. The number of rotatable bonds is 5. The van der Waals surface area contributed by atoms with E-state index in [1.807, 2.05) is 74.5 Å². The van der Waals surface area contributed by atoms with E-state index in [1.54, 1.807) is 0 Å². The quantitative estimate of drug-likeness (QED) is 0.579. The summed E-state index contributed by atoms with van der Waals surface area (Å²) in [6.45, 7) is 4.16. The van der Waals surface area contributed by atoms with E-state index in [9.17, 15) is 4.79 Å². The molecule has 0 radical (unpaired) electrons. The summed E-state index contributed by atoms with van der Waals surface area (Å²) in [4.78, 5) is 18.2. The topological polar surface area (TPSA) is 59.4 Å². The Morgan fingerprint density at radius 1 is 1.08 bits per heavy atom. The second-order valence-electron chi connectivity index (χ2n) is 5.31. The minimum Gasteiger partial charge on any atom is -0.396 e. The van der Waals surface area contributed by atoms with Gasteiger partial charge in [0.25, 0.3) is 5.56 Å². The molecule has 0 atom stereocenters. The zero-order chi connectivity index (χ0) is 16.9. The third kappa shape index (κ3) is 3.01. The second-order valence-corrected chi connectivity index (χ2v) is 5.31. The fourth-order valence-electron chi connectivity index (χ4n) is 2.55. The van der Waals surface area contributed by atoms with E-state index < -0.39 is 0 Å². The van der Waals surface area contributed by atoms with Gasteiger partial charge in [-0.15, -0.1) is 0 Å². The van der Waals surface area contributed by atoms with E-state index in [-0.39, 0.29) is 5.56 Å². The van der Waals surface area contributed by atoms with Crippen LogP contribution in [-0.4, -0.2) is 22.1 Å². The Hall–Kier alpha value is -3.08. The summed E-state index contributed by atoms with van der Waals surface area (Å²) < 4.78 is 1.52. The summed E-state index contributed by atoms with van der Waals surface area (Å²) in [7, 11) is 0. The number of hydrogen-bond donors (Lipinski definition) is 1. The first-order chi connectivity index (χ1) is 11.7. The predicted octanol–water partition coefficient (Wildman–Crippen LogP) is 3.26. The van der Waals surface area contributed by atoms with Gasteiger partial charge in [-0.25, -0.2) is 4.68 Å². The summed E-state index contributed by atoms with van der Waals surface area (Å²) in [6.07, 6.45) is 0. The molecule has 1 heterocycles. The van der Waals surface area contributed by atoms with Gasteiger partial charge < -0.3 is 4.84 Å². The Kier molecular flexibility index (Phi) is 4.61. The molecule has 3 rings (SSSR count). The fourth-order valence-corrected chi connectivity index (χ4v) is 2.55. The average molecular weight is 321 g/mol. The van der Waals surface area contributed by atoms with Crippen LogP contribution in [0.25, 0.3) is 5.69 Å². The molecule has 1 N–H and O–H groups in total. The van der Waals surface area contributed by atoms with E-state index in [0.717, 1.165) is 16.9 Å². The Bertz CT molecular complexity index is 893. The number of nitrogens with one attached hydrogen (secondary N) is 1. The number of benzene rings is 2. The lowest BCUT2D eigenvalue weighted by Crippen LogP contribution is -2.21.